The van der Waals surface area contributed by atoms with Crippen molar-refractivity contribution < 1.29 is 8.42 Å². The van der Waals surface area contributed by atoms with E-state index in [1.54, 1.807) is 31.6 Å². The van der Waals surface area contributed by atoms with Gasteiger partial charge in [-0.15, -0.1) is 0 Å². The van der Waals surface area contributed by atoms with Crippen molar-refractivity contribution >= 4 is 21.1 Å². The highest BCUT2D eigenvalue weighted by atomic mass is 32.2. The zero-order chi connectivity index (χ0) is 25.1. The van der Waals surface area contributed by atoms with E-state index < -0.39 is 10.0 Å². The smallest absolute Gasteiger partial charge is 0.243 e. The summed E-state index contributed by atoms with van der Waals surface area (Å²) < 4.78 is 31.0. The van der Waals surface area contributed by atoms with Crippen molar-refractivity contribution in [2.75, 3.05) is 7.05 Å². The zero-order valence-electron chi connectivity index (χ0n) is 20.3. The molecular formula is C29H28N4O2S. The third-order valence-electron chi connectivity index (χ3n) is 6.58. The van der Waals surface area contributed by atoms with E-state index in [1.165, 1.54) is 4.31 Å². The van der Waals surface area contributed by atoms with Gasteiger partial charge in [0, 0.05) is 19.8 Å². The van der Waals surface area contributed by atoms with Crippen molar-refractivity contribution in [1.82, 2.24) is 18.8 Å². The Bertz CT molecular complexity index is 1560. The van der Waals surface area contributed by atoms with Crippen LogP contribution in [0.25, 0.3) is 11.0 Å². The highest BCUT2D eigenvalue weighted by Gasteiger charge is 2.29. The van der Waals surface area contributed by atoms with Crippen molar-refractivity contribution in [3.05, 3.63) is 126 Å². The van der Waals surface area contributed by atoms with E-state index in [9.17, 15) is 8.42 Å². The summed E-state index contributed by atoms with van der Waals surface area (Å²) in [5.41, 5.74) is 4.89. The molecule has 5 aromatic rings. The van der Waals surface area contributed by atoms with Gasteiger partial charge in [0.25, 0.3) is 0 Å². The summed E-state index contributed by atoms with van der Waals surface area (Å²) in [5, 5.41) is 0. The van der Waals surface area contributed by atoms with Crippen LogP contribution in [0.5, 0.6) is 0 Å². The lowest BCUT2D eigenvalue weighted by atomic mass is 9.99. The van der Waals surface area contributed by atoms with Crippen LogP contribution in [0, 0.1) is 6.92 Å². The van der Waals surface area contributed by atoms with Crippen LogP contribution in [0.2, 0.25) is 0 Å². The molecule has 0 saturated carbocycles. The molecule has 6 nitrogen and oxygen atoms in total. The highest BCUT2D eigenvalue weighted by Crippen LogP contribution is 2.29. The van der Waals surface area contributed by atoms with E-state index in [2.05, 4.69) is 14.5 Å². The first-order valence-electron chi connectivity index (χ1n) is 11.9. The third kappa shape index (κ3) is 4.80. The molecule has 2 heterocycles. The number of pyridine rings is 1. The Kier molecular flexibility index (Phi) is 6.67. The van der Waals surface area contributed by atoms with Crippen molar-refractivity contribution in [3.8, 4) is 0 Å². The quantitative estimate of drug-likeness (QED) is 0.289. The Balaban J connectivity index is 1.42. The van der Waals surface area contributed by atoms with E-state index in [4.69, 9.17) is 0 Å². The van der Waals surface area contributed by atoms with Crippen molar-refractivity contribution in [1.29, 1.82) is 0 Å². The molecule has 0 spiro atoms. The number of aryl methyl sites for hydroxylation is 1. The summed E-state index contributed by atoms with van der Waals surface area (Å²) in [4.78, 5) is 9.09. The van der Waals surface area contributed by atoms with Gasteiger partial charge in [0.15, 0.2) is 0 Å². The van der Waals surface area contributed by atoms with Gasteiger partial charge in [0.05, 0.1) is 28.2 Å². The van der Waals surface area contributed by atoms with Crippen molar-refractivity contribution in [2.45, 2.75) is 30.8 Å². The van der Waals surface area contributed by atoms with Gasteiger partial charge in [-0.25, -0.2) is 13.4 Å². The molecule has 1 unspecified atom stereocenters. The van der Waals surface area contributed by atoms with Gasteiger partial charge in [-0.1, -0.05) is 72.8 Å². The van der Waals surface area contributed by atoms with Gasteiger partial charge in [-0.3, -0.25) is 4.98 Å². The van der Waals surface area contributed by atoms with E-state index in [0.717, 1.165) is 33.5 Å². The minimum absolute atomic E-state index is 0.275. The van der Waals surface area contributed by atoms with Gasteiger partial charge in [-0.05, 0) is 48.2 Å². The molecular weight excluding hydrogens is 468 g/mol. The SMILES string of the molecule is Cc1nc2ccncc2n1Cc1ccc(S(=O)(=O)N(C)C(Cc2ccccc2)c2ccccc2)cc1. The number of aromatic nitrogens is 3. The fourth-order valence-electron chi connectivity index (χ4n) is 4.54. The summed E-state index contributed by atoms with van der Waals surface area (Å²) in [6.45, 7) is 2.55. The molecule has 0 fully saturated rings. The second-order valence-corrected chi connectivity index (χ2v) is 10.9. The number of sulfonamides is 1. The lowest BCUT2D eigenvalue weighted by Crippen LogP contribution is -2.32. The molecule has 0 bridgehead atoms. The summed E-state index contributed by atoms with van der Waals surface area (Å²) in [7, 11) is -2.06. The van der Waals surface area contributed by atoms with E-state index >= 15 is 0 Å². The Hall–Kier alpha value is -3.81. The summed E-state index contributed by atoms with van der Waals surface area (Å²) in [5.74, 6) is 0.890. The summed E-state index contributed by atoms with van der Waals surface area (Å²) in [6, 6.07) is 28.5. The standard InChI is InChI=1S/C29H28N4O2S/c1-22-31-27-17-18-30-20-29(27)33(22)21-24-13-15-26(16-14-24)36(34,35)32(2)28(25-11-7-4-8-12-25)19-23-9-5-3-6-10-23/h3-18,20,28H,19,21H2,1-2H3. The summed E-state index contributed by atoms with van der Waals surface area (Å²) in [6.07, 6.45) is 4.12. The van der Waals surface area contributed by atoms with Gasteiger partial charge in [0.1, 0.15) is 5.82 Å². The molecule has 0 saturated heterocycles. The zero-order valence-corrected chi connectivity index (χ0v) is 21.1. The average Bonchev–Trinajstić information content (AvgIpc) is 3.23. The van der Waals surface area contributed by atoms with E-state index in [-0.39, 0.29) is 10.9 Å². The highest BCUT2D eigenvalue weighted by molar-refractivity contribution is 7.89. The van der Waals surface area contributed by atoms with Crippen LogP contribution < -0.4 is 0 Å². The normalized spacial score (nSPS) is 12.8. The number of hydrogen-bond donors (Lipinski definition) is 0. The Morgan fingerprint density at radius 1 is 0.861 bits per heavy atom. The molecule has 1 atom stereocenters. The van der Waals surface area contributed by atoms with Crippen LogP contribution in [0.4, 0.5) is 0 Å². The number of hydrogen-bond acceptors (Lipinski definition) is 4. The largest absolute Gasteiger partial charge is 0.322 e. The fraction of sp³-hybridized carbons (Fsp3) is 0.172. The molecule has 0 aliphatic carbocycles. The lowest BCUT2D eigenvalue weighted by Gasteiger charge is -2.28. The number of likely N-dealkylation sites (N-methyl/N-ethyl adjacent to an activating group) is 1. The van der Waals surface area contributed by atoms with Crippen LogP contribution in [0.1, 0.15) is 28.6 Å². The second-order valence-electron chi connectivity index (χ2n) is 8.89. The molecule has 0 aliphatic rings. The molecule has 2 aromatic heterocycles. The molecule has 3 aromatic carbocycles. The number of fused-ring (bicyclic) bond motifs is 1. The molecule has 7 heteroatoms. The maximum absolute atomic E-state index is 13.7. The fourth-order valence-corrected chi connectivity index (χ4v) is 5.89. The van der Waals surface area contributed by atoms with Crippen LogP contribution in [-0.2, 0) is 23.0 Å². The Morgan fingerprint density at radius 2 is 1.53 bits per heavy atom. The maximum atomic E-state index is 13.7. The number of imidazole rings is 1. The predicted octanol–water partition coefficient (Wildman–Crippen LogP) is 5.39. The first-order valence-corrected chi connectivity index (χ1v) is 13.3. The van der Waals surface area contributed by atoms with Crippen molar-refractivity contribution in [2.24, 2.45) is 0 Å². The minimum Gasteiger partial charge on any atom is -0.322 e. The monoisotopic (exact) mass is 496 g/mol. The molecule has 0 aliphatic heterocycles. The predicted molar refractivity (Wildman–Crippen MR) is 142 cm³/mol. The summed E-state index contributed by atoms with van der Waals surface area (Å²) >= 11 is 0. The van der Waals surface area contributed by atoms with Crippen LogP contribution in [0.3, 0.4) is 0 Å². The minimum atomic E-state index is -3.72. The first kappa shape index (κ1) is 23.9. The maximum Gasteiger partial charge on any atom is 0.243 e. The van der Waals surface area contributed by atoms with Gasteiger partial charge < -0.3 is 4.57 Å². The topological polar surface area (TPSA) is 68.1 Å². The Morgan fingerprint density at radius 3 is 2.22 bits per heavy atom. The molecule has 182 valence electrons. The van der Waals surface area contributed by atoms with Gasteiger partial charge in [0.2, 0.25) is 10.0 Å². The number of nitrogens with zero attached hydrogens (tertiary/aromatic N) is 4. The van der Waals surface area contributed by atoms with Gasteiger partial charge >= 0.3 is 0 Å². The Labute approximate surface area is 211 Å². The lowest BCUT2D eigenvalue weighted by molar-refractivity contribution is 0.373. The van der Waals surface area contributed by atoms with Crippen LogP contribution in [0.15, 0.2) is 108 Å². The van der Waals surface area contributed by atoms with Crippen LogP contribution in [-0.4, -0.2) is 34.3 Å². The number of benzene rings is 3. The molecule has 0 amide bonds. The van der Waals surface area contributed by atoms with E-state index in [1.807, 2.05) is 85.8 Å². The van der Waals surface area contributed by atoms with Crippen LogP contribution >= 0.6 is 0 Å². The van der Waals surface area contributed by atoms with Gasteiger partial charge in [-0.2, -0.15) is 4.31 Å². The molecule has 36 heavy (non-hydrogen) atoms. The molecule has 0 radical (unpaired) electrons. The van der Waals surface area contributed by atoms with Crippen molar-refractivity contribution in [3.63, 3.8) is 0 Å². The third-order valence-corrected chi connectivity index (χ3v) is 8.46. The molecule has 5 rings (SSSR count). The number of rotatable bonds is 8. The van der Waals surface area contributed by atoms with E-state index in [0.29, 0.717) is 13.0 Å². The first-order chi connectivity index (χ1) is 17.4. The second kappa shape index (κ2) is 10.0. The molecule has 0 N–H and O–H groups in total. The average molecular weight is 497 g/mol.